The minimum absolute atomic E-state index is 0.0884. The van der Waals surface area contributed by atoms with Gasteiger partial charge in [0.1, 0.15) is 0 Å². The highest BCUT2D eigenvalue weighted by Gasteiger charge is 2.22. The van der Waals surface area contributed by atoms with E-state index in [9.17, 15) is 0 Å². The topological polar surface area (TPSA) is 32.3 Å². The fourth-order valence-electron chi connectivity index (χ4n) is 1.08. The van der Waals surface area contributed by atoms with Gasteiger partial charge in [-0.2, -0.15) is 0 Å². The van der Waals surface area contributed by atoms with E-state index in [-0.39, 0.29) is 12.1 Å². The molecule has 0 saturated heterocycles. The molecule has 0 unspecified atom stereocenters. The van der Waals surface area contributed by atoms with E-state index in [1.54, 1.807) is 0 Å². The summed E-state index contributed by atoms with van der Waals surface area (Å²) in [7, 11) is 0. The Balaban J connectivity index is 1.99. The number of rotatable bonds is 5. The maximum atomic E-state index is 8.91. The summed E-state index contributed by atoms with van der Waals surface area (Å²) in [5.74, 6) is 0.983. The highest BCUT2D eigenvalue weighted by atomic mass is 16.3. The van der Waals surface area contributed by atoms with Crippen LogP contribution in [0.2, 0.25) is 0 Å². The average molecular weight is 157 g/mol. The molecule has 0 heterocycles. The van der Waals surface area contributed by atoms with Gasteiger partial charge in [0.2, 0.25) is 0 Å². The molecule has 1 aliphatic rings. The van der Waals surface area contributed by atoms with E-state index < -0.39 is 0 Å². The van der Waals surface area contributed by atoms with Crippen molar-refractivity contribution in [2.45, 2.75) is 38.6 Å². The Morgan fingerprint density at radius 3 is 2.55 bits per heavy atom. The van der Waals surface area contributed by atoms with E-state index in [2.05, 4.69) is 5.32 Å². The van der Waals surface area contributed by atoms with Crippen LogP contribution in [-0.2, 0) is 0 Å². The lowest BCUT2D eigenvalue weighted by atomic mass is 10.1. The zero-order valence-corrected chi connectivity index (χ0v) is 7.56. The summed E-state index contributed by atoms with van der Waals surface area (Å²) in [6.07, 6.45) is 4.12. The van der Waals surface area contributed by atoms with Crippen molar-refractivity contribution in [3.63, 3.8) is 0 Å². The van der Waals surface area contributed by atoms with Gasteiger partial charge in [-0.1, -0.05) is 12.8 Å². The zero-order chi connectivity index (χ0) is 8.32. The molecule has 0 aromatic heterocycles. The number of hydrogen-bond acceptors (Lipinski definition) is 2. The molecular weight excluding hydrogens is 138 g/mol. The van der Waals surface area contributed by atoms with E-state index in [1.165, 1.54) is 19.3 Å². The minimum Gasteiger partial charge on any atom is -0.394 e. The third-order valence-electron chi connectivity index (χ3n) is 2.25. The van der Waals surface area contributed by atoms with Crippen molar-refractivity contribution in [3.8, 4) is 0 Å². The van der Waals surface area contributed by atoms with E-state index in [4.69, 9.17) is 5.11 Å². The van der Waals surface area contributed by atoms with Gasteiger partial charge in [0.05, 0.1) is 6.61 Å². The second-order valence-electron chi connectivity index (χ2n) is 4.20. The molecule has 2 N–H and O–H groups in total. The first kappa shape index (κ1) is 9.01. The normalized spacial score (nSPS) is 18.8. The average Bonchev–Trinajstić information content (AvgIpc) is 2.71. The largest absolute Gasteiger partial charge is 0.394 e. The third-order valence-corrected chi connectivity index (χ3v) is 2.25. The molecule has 0 aliphatic heterocycles. The Labute approximate surface area is 69.0 Å². The van der Waals surface area contributed by atoms with Crippen LogP contribution in [0.4, 0.5) is 0 Å². The van der Waals surface area contributed by atoms with Gasteiger partial charge in [0.15, 0.2) is 0 Å². The first-order valence-corrected chi connectivity index (χ1v) is 4.50. The molecule has 0 spiro atoms. The predicted molar refractivity (Wildman–Crippen MR) is 46.5 cm³/mol. The summed E-state index contributed by atoms with van der Waals surface area (Å²) in [6.45, 7) is 5.33. The molecule has 2 heteroatoms. The molecule has 2 nitrogen and oxygen atoms in total. The van der Waals surface area contributed by atoms with Crippen LogP contribution in [0.5, 0.6) is 0 Å². The van der Waals surface area contributed by atoms with Gasteiger partial charge in [-0.3, -0.25) is 0 Å². The molecule has 0 atom stereocenters. The molecule has 1 aliphatic carbocycles. The highest BCUT2D eigenvalue weighted by molar-refractivity contribution is 4.79. The van der Waals surface area contributed by atoms with Crippen LogP contribution in [0.1, 0.15) is 33.1 Å². The maximum absolute atomic E-state index is 8.91. The molecule has 0 amide bonds. The van der Waals surface area contributed by atoms with Crippen LogP contribution < -0.4 is 5.32 Å². The number of nitrogens with one attached hydrogen (secondary N) is 1. The van der Waals surface area contributed by atoms with Crippen molar-refractivity contribution in [1.29, 1.82) is 0 Å². The molecule has 1 rings (SSSR count). The lowest BCUT2D eigenvalue weighted by Crippen LogP contribution is -2.43. The number of hydrogen-bond donors (Lipinski definition) is 2. The van der Waals surface area contributed by atoms with Crippen molar-refractivity contribution in [2.75, 3.05) is 13.2 Å². The molecule has 1 saturated carbocycles. The van der Waals surface area contributed by atoms with Crippen LogP contribution in [0.15, 0.2) is 0 Å². The summed E-state index contributed by atoms with van der Waals surface area (Å²) >= 11 is 0. The fourth-order valence-corrected chi connectivity index (χ4v) is 1.08. The molecular formula is C9H19NO. The van der Waals surface area contributed by atoms with E-state index in [1.807, 2.05) is 13.8 Å². The number of aliphatic hydroxyl groups excluding tert-OH is 1. The fraction of sp³-hybridized carbons (Fsp3) is 1.00. The summed E-state index contributed by atoms with van der Waals surface area (Å²) in [5, 5.41) is 12.2. The second-order valence-corrected chi connectivity index (χ2v) is 4.20. The monoisotopic (exact) mass is 157 g/mol. The lowest BCUT2D eigenvalue weighted by Gasteiger charge is -2.23. The maximum Gasteiger partial charge on any atom is 0.0607 e. The van der Waals surface area contributed by atoms with Crippen molar-refractivity contribution in [1.82, 2.24) is 5.32 Å². The summed E-state index contributed by atoms with van der Waals surface area (Å²) < 4.78 is 0. The van der Waals surface area contributed by atoms with Crippen LogP contribution >= 0.6 is 0 Å². The Hall–Kier alpha value is -0.0800. The third kappa shape index (κ3) is 3.73. The first-order chi connectivity index (χ1) is 5.14. The zero-order valence-electron chi connectivity index (χ0n) is 7.56. The lowest BCUT2D eigenvalue weighted by molar-refractivity contribution is 0.188. The van der Waals surface area contributed by atoms with Crippen molar-refractivity contribution in [2.24, 2.45) is 5.92 Å². The standard InChI is InChI=1S/C9H19NO/c1-9(2,7-11)10-6-5-8-3-4-8/h8,10-11H,3-7H2,1-2H3. The van der Waals surface area contributed by atoms with Gasteiger partial charge in [0.25, 0.3) is 0 Å². The molecule has 11 heavy (non-hydrogen) atoms. The Bertz CT molecular complexity index is 119. The van der Waals surface area contributed by atoms with Gasteiger partial charge in [-0.15, -0.1) is 0 Å². The van der Waals surface area contributed by atoms with Crippen molar-refractivity contribution < 1.29 is 5.11 Å². The first-order valence-electron chi connectivity index (χ1n) is 4.50. The summed E-state index contributed by atoms with van der Waals surface area (Å²) in [5.41, 5.74) is -0.0884. The molecule has 66 valence electrons. The molecule has 0 aromatic carbocycles. The van der Waals surface area contributed by atoms with E-state index in [0.717, 1.165) is 12.5 Å². The Morgan fingerprint density at radius 2 is 2.09 bits per heavy atom. The smallest absolute Gasteiger partial charge is 0.0607 e. The SMILES string of the molecule is CC(C)(CO)NCCC1CC1. The van der Waals surface area contributed by atoms with Crippen LogP contribution in [-0.4, -0.2) is 23.8 Å². The van der Waals surface area contributed by atoms with Gasteiger partial charge >= 0.3 is 0 Å². The van der Waals surface area contributed by atoms with E-state index in [0.29, 0.717) is 0 Å². The van der Waals surface area contributed by atoms with Crippen LogP contribution in [0, 0.1) is 5.92 Å². The Morgan fingerprint density at radius 1 is 1.45 bits per heavy atom. The number of aliphatic hydroxyl groups is 1. The summed E-state index contributed by atoms with van der Waals surface area (Å²) in [6, 6.07) is 0. The molecule has 1 fully saturated rings. The van der Waals surface area contributed by atoms with Gasteiger partial charge in [0, 0.05) is 5.54 Å². The van der Waals surface area contributed by atoms with Gasteiger partial charge in [-0.05, 0) is 32.7 Å². The van der Waals surface area contributed by atoms with E-state index >= 15 is 0 Å². The quantitative estimate of drug-likeness (QED) is 0.627. The minimum atomic E-state index is -0.0884. The molecule has 0 aromatic rings. The van der Waals surface area contributed by atoms with Gasteiger partial charge in [-0.25, -0.2) is 0 Å². The van der Waals surface area contributed by atoms with Crippen LogP contribution in [0.25, 0.3) is 0 Å². The van der Waals surface area contributed by atoms with Gasteiger partial charge < -0.3 is 10.4 Å². The van der Waals surface area contributed by atoms with Crippen molar-refractivity contribution in [3.05, 3.63) is 0 Å². The molecule has 0 radical (unpaired) electrons. The highest BCUT2D eigenvalue weighted by Crippen LogP contribution is 2.31. The van der Waals surface area contributed by atoms with Crippen LogP contribution in [0.3, 0.4) is 0 Å². The predicted octanol–water partition coefficient (Wildman–Crippen LogP) is 1.15. The molecule has 0 bridgehead atoms. The Kier molecular flexibility index (Phi) is 2.90. The second kappa shape index (κ2) is 3.55. The summed E-state index contributed by atoms with van der Waals surface area (Å²) in [4.78, 5) is 0. The van der Waals surface area contributed by atoms with Crippen molar-refractivity contribution >= 4 is 0 Å².